The van der Waals surface area contributed by atoms with E-state index in [1.54, 1.807) is 12.1 Å². The van der Waals surface area contributed by atoms with Crippen LogP contribution in [0.3, 0.4) is 0 Å². The van der Waals surface area contributed by atoms with E-state index in [2.05, 4.69) is 5.32 Å². The molecule has 0 saturated heterocycles. The molecule has 1 amide bonds. The number of sulfonamides is 1. The van der Waals surface area contributed by atoms with Gasteiger partial charge in [-0.15, -0.1) is 0 Å². The average molecular weight is 392 g/mol. The predicted molar refractivity (Wildman–Crippen MR) is 107 cm³/mol. The Morgan fingerprint density at radius 1 is 1.07 bits per heavy atom. The number of rotatable bonds is 7. The molecule has 7 nitrogen and oxygen atoms in total. The summed E-state index contributed by atoms with van der Waals surface area (Å²) in [4.78, 5) is 12.9. The van der Waals surface area contributed by atoms with Crippen molar-refractivity contribution in [3.8, 4) is 11.5 Å². The first-order valence-electron chi connectivity index (χ1n) is 8.31. The van der Waals surface area contributed by atoms with Crippen LogP contribution in [-0.2, 0) is 16.4 Å². The zero-order valence-corrected chi connectivity index (χ0v) is 16.9. The van der Waals surface area contributed by atoms with E-state index in [1.807, 2.05) is 19.1 Å². The molecular weight excluding hydrogens is 368 g/mol. The van der Waals surface area contributed by atoms with Gasteiger partial charge in [-0.25, -0.2) is 8.42 Å². The van der Waals surface area contributed by atoms with Crippen molar-refractivity contribution in [3.05, 3.63) is 47.5 Å². The summed E-state index contributed by atoms with van der Waals surface area (Å²) in [6.45, 7) is 2.05. The number of hydrogen-bond acceptors (Lipinski definition) is 5. The van der Waals surface area contributed by atoms with Crippen LogP contribution >= 0.6 is 0 Å². The Labute approximate surface area is 160 Å². The van der Waals surface area contributed by atoms with E-state index in [0.717, 1.165) is 22.5 Å². The highest BCUT2D eigenvalue weighted by molar-refractivity contribution is 7.92. The van der Waals surface area contributed by atoms with E-state index in [0.29, 0.717) is 17.2 Å². The summed E-state index contributed by atoms with van der Waals surface area (Å²) in [6.07, 6.45) is 1.96. The third-order valence-corrected chi connectivity index (χ3v) is 5.39. The lowest BCUT2D eigenvalue weighted by molar-refractivity contribution is 0.102. The van der Waals surface area contributed by atoms with Crippen molar-refractivity contribution >= 4 is 27.3 Å². The molecule has 8 heteroatoms. The van der Waals surface area contributed by atoms with Crippen LogP contribution in [0.2, 0.25) is 0 Å². The molecule has 0 aliphatic rings. The number of amides is 1. The van der Waals surface area contributed by atoms with Gasteiger partial charge >= 0.3 is 0 Å². The van der Waals surface area contributed by atoms with Crippen LogP contribution in [0.5, 0.6) is 11.5 Å². The van der Waals surface area contributed by atoms with E-state index >= 15 is 0 Å². The van der Waals surface area contributed by atoms with Crippen molar-refractivity contribution in [2.45, 2.75) is 13.3 Å². The van der Waals surface area contributed by atoms with Crippen LogP contribution < -0.4 is 19.1 Å². The minimum atomic E-state index is -3.58. The summed E-state index contributed by atoms with van der Waals surface area (Å²) in [5, 5.41) is 2.79. The van der Waals surface area contributed by atoms with Crippen molar-refractivity contribution in [2.24, 2.45) is 0 Å². The highest BCUT2D eigenvalue weighted by Gasteiger charge is 2.23. The number of benzene rings is 2. The molecule has 0 aliphatic carbocycles. The number of nitrogens with zero attached hydrogens (tertiary/aromatic N) is 1. The molecule has 27 heavy (non-hydrogen) atoms. The number of carbonyl (C=O) groups excluding carboxylic acids is 1. The van der Waals surface area contributed by atoms with Crippen LogP contribution in [0.1, 0.15) is 22.8 Å². The predicted octanol–water partition coefficient (Wildman–Crippen LogP) is 2.91. The van der Waals surface area contributed by atoms with Crippen LogP contribution in [0.4, 0.5) is 11.4 Å². The van der Waals surface area contributed by atoms with Gasteiger partial charge in [0.25, 0.3) is 5.91 Å². The van der Waals surface area contributed by atoms with Crippen molar-refractivity contribution < 1.29 is 22.7 Å². The molecule has 0 fully saturated rings. The number of aryl methyl sites for hydroxylation is 1. The molecule has 0 bridgehead atoms. The van der Waals surface area contributed by atoms with Gasteiger partial charge in [0.15, 0.2) is 11.5 Å². The zero-order valence-electron chi connectivity index (χ0n) is 16.1. The smallest absolute Gasteiger partial charge is 0.257 e. The van der Waals surface area contributed by atoms with Crippen LogP contribution in [0.15, 0.2) is 36.4 Å². The maximum absolute atomic E-state index is 12.9. The molecule has 0 saturated carbocycles. The van der Waals surface area contributed by atoms with E-state index in [1.165, 1.54) is 33.4 Å². The van der Waals surface area contributed by atoms with E-state index in [4.69, 9.17) is 9.47 Å². The maximum atomic E-state index is 12.9. The zero-order chi connectivity index (χ0) is 20.2. The number of carbonyl (C=O) groups is 1. The summed E-state index contributed by atoms with van der Waals surface area (Å²) >= 11 is 0. The topological polar surface area (TPSA) is 84.9 Å². The van der Waals surface area contributed by atoms with Crippen LogP contribution in [-0.4, -0.2) is 41.8 Å². The molecule has 0 radical (unpaired) electrons. The van der Waals surface area contributed by atoms with Crippen molar-refractivity contribution in [1.29, 1.82) is 0 Å². The molecule has 0 spiro atoms. The molecule has 0 atom stereocenters. The lowest BCUT2D eigenvalue weighted by Gasteiger charge is -2.22. The molecule has 0 heterocycles. The fraction of sp³-hybridized carbons (Fsp3) is 0.316. The van der Waals surface area contributed by atoms with Gasteiger partial charge in [-0.2, -0.15) is 0 Å². The summed E-state index contributed by atoms with van der Waals surface area (Å²) in [5.41, 5.74) is 2.11. The molecule has 2 aromatic carbocycles. The van der Waals surface area contributed by atoms with Gasteiger partial charge in [-0.1, -0.05) is 19.1 Å². The second-order valence-electron chi connectivity index (χ2n) is 5.96. The monoisotopic (exact) mass is 392 g/mol. The SMILES string of the molecule is CCc1ccc(NC(=O)c2cc(OC)c(OC)cc2N(C)S(C)(=O)=O)cc1. The highest BCUT2D eigenvalue weighted by atomic mass is 32.2. The van der Waals surface area contributed by atoms with E-state index in [9.17, 15) is 13.2 Å². The van der Waals surface area contributed by atoms with Gasteiger partial charge in [0.05, 0.1) is 31.7 Å². The highest BCUT2D eigenvalue weighted by Crippen LogP contribution is 2.36. The van der Waals surface area contributed by atoms with Crippen LogP contribution in [0, 0.1) is 0 Å². The normalized spacial score (nSPS) is 11.0. The van der Waals surface area contributed by atoms with Gasteiger partial charge < -0.3 is 14.8 Å². The average Bonchev–Trinajstić information content (AvgIpc) is 2.66. The summed E-state index contributed by atoms with van der Waals surface area (Å²) < 4.78 is 35.5. The first-order valence-corrected chi connectivity index (χ1v) is 10.2. The fourth-order valence-electron chi connectivity index (χ4n) is 2.51. The Bertz CT molecular complexity index is 924. The van der Waals surface area contributed by atoms with Gasteiger partial charge in [0, 0.05) is 18.8 Å². The molecule has 146 valence electrons. The van der Waals surface area contributed by atoms with Crippen molar-refractivity contribution in [2.75, 3.05) is 37.1 Å². The molecule has 1 N–H and O–H groups in total. The first kappa shape index (κ1) is 20.6. The Hall–Kier alpha value is -2.74. The Morgan fingerprint density at radius 2 is 1.63 bits per heavy atom. The van der Waals surface area contributed by atoms with Gasteiger partial charge in [0.2, 0.25) is 10.0 Å². The fourth-order valence-corrected chi connectivity index (χ4v) is 3.02. The quantitative estimate of drug-likeness (QED) is 0.783. The van der Waals surface area contributed by atoms with Crippen molar-refractivity contribution in [1.82, 2.24) is 0 Å². The molecule has 2 aromatic rings. The Kier molecular flexibility index (Phi) is 6.32. The minimum absolute atomic E-state index is 0.153. The van der Waals surface area contributed by atoms with E-state index < -0.39 is 15.9 Å². The van der Waals surface area contributed by atoms with Gasteiger partial charge in [0.1, 0.15) is 0 Å². The van der Waals surface area contributed by atoms with E-state index in [-0.39, 0.29) is 11.3 Å². The molecule has 0 aromatic heterocycles. The Morgan fingerprint density at radius 3 is 2.11 bits per heavy atom. The summed E-state index contributed by atoms with van der Waals surface area (Å²) in [5.74, 6) is 0.201. The number of anilines is 2. The molecular formula is C19H24N2O5S. The van der Waals surface area contributed by atoms with Gasteiger partial charge in [-0.05, 0) is 30.2 Å². The Balaban J connectivity index is 2.49. The van der Waals surface area contributed by atoms with Crippen molar-refractivity contribution in [3.63, 3.8) is 0 Å². The third-order valence-electron chi connectivity index (χ3n) is 4.20. The lowest BCUT2D eigenvalue weighted by Crippen LogP contribution is -2.28. The number of methoxy groups -OCH3 is 2. The largest absolute Gasteiger partial charge is 0.493 e. The van der Waals surface area contributed by atoms with Gasteiger partial charge in [-0.3, -0.25) is 9.10 Å². The first-order chi connectivity index (χ1) is 12.7. The molecule has 0 aliphatic heterocycles. The standard InChI is InChI=1S/C19H24N2O5S/c1-6-13-7-9-14(10-8-13)20-19(22)15-11-17(25-3)18(26-4)12-16(15)21(2)27(5,23)24/h7-12H,6H2,1-5H3,(H,20,22). The molecule has 0 unspecified atom stereocenters. The second kappa shape index (κ2) is 8.30. The number of hydrogen-bond donors (Lipinski definition) is 1. The number of ether oxygens (including phenoxy) is 2. The molecule has 2 rings (SSSR count). The summed E-state index contributed by atoms with van der Waals surface area (Å²) in [6, 6.07) is 10.4. The third kappa shape index (κ3) is 4.71. The maximum Gasteiger partial charge on any atom is 0.257 e. The number of nitrogens with one attached hydrogen (secondary N) is 1. The lowest BCUT2D eigenvalue weighted by atomic mass is 10.1. The minimum Gasteiger partial charge on any atom is -0.493 e. The summed E-state index contributed by atoms with van der Waals surface area (Å²) in [7, 11) is 0.686. The van der Waals surface area contributed by atoms with Crippen LogP contribution in [0.25, 0.3) is 0 Å². The second-order valence-corrected chi connectivity index (χ2v) is 7.97.